The molecule has 1 rings (SSSR count). The monoisotopic (exact) mass is 304 g/mol. The topological polar surface area (TPSA) is 98.5 Å². The second-order valence-electron chi connectivity index (χ2n) is 4.62. The van der Waals surface area contributed by atoms with Crippen molar-refractivity contribution < 1.29 is 22.3 Å². The summed E-state index contributed by atoms with van der Waals surface area (Å²) in [5.41, 5.74) is 0. The smallest absolute Gasteiger partial charge is 0.257 e. The first kappa shape index (κ1) is 16.4. The molecule has 0 atom stereocenters. The average molecular weight is 304 g/mol. The van der Waals surface area contributed by atoms with Gasteiger partial charge >= 0.3 is 0 Å². The van der Waals surface area contributed by atoms with Crippen LogP contribution in [0.1, 0.15) is 13.8 Å². The number of rotatable bonds is 6. The number of hydrogen-bond donors (Lipinski definition) is 2. The summed E-state index contributed by atoms with van der Waals surface area (Å²) in [5.74, 6) is -1.03. The Morgan fingerprint density at radius 1 is 1.45 bits per heavy atom. The Balaban J connectivity index is 2.76. The fourth-order valence-electron chi connectivity index (χ4n) is 1.34. The van der Waals surface area contributed by atoms with E-state index in [9.17, 15) is 17.6 Å². The summed E-state index contributed by atoms with van der Waals surface area (Å²) < 4.78 is 40.7. The van der Waals surface area contributed by atoms with Gasteiger partial charge in [0.25, 0.3) is 5.91 Å². The van der Waals surface area contributed by atoms with Gasteiger partial charge in [-0.25, -0.2) is 17.9 Å². The molecule has 112 valence electrons. The number of nitrogens with one attached hydrogen (secondary N) is 1. The molecule has 0 aliphatic heterocycles. The van der Waals surface area contributed by atoms with E-state index in [1.54, 1.807) is 0 Å². The molecule has 0 unspecified atom stereocenters. The molecule has 0 aromatic heterocycles. The van der Waals surface area contributed by atoms with Crippen molar-refractivity contribution >= 4 is 15.9 Å². The van der Waals surface area contributed by atoms with Crippen LogP contribution >= 0.6 is 0 Å². The van der Waals surface area contributed by atoms with E-state index >= 15 is 0 Å². The number of carbonyl (C=O) groups is 1. The lowest BCUT2D eigenvalue weighted by Crippen LogP contribution is -2.32. The molecule has 1 aromatic rings. The SMILES string of the molecule is CC(C)CNC(=O)COc1ccc(F)cc1S(N)(=O)=O. The van der Waals surface area contributed by atoms with Crippen molar-refractivity contribution in [3.63, 3.8) is 0 Å². The first-order valence-corrected chi connectivity index (χ1v) is 7.46. The molecule has 0 radical (unpaired) electrons. The molecule has 8 heteroatoms. The molecular weight excluding hydrogens is 287 g/mol. The van der Waals surface area contributed by atoms with Crippen LogP contribution in [0, 0.1) is 11.7 Å². The number of halogens is 1. The van der Waals surface area contributed by atoms with Crippen molar-refractivity contribution in [3.8, 4) is 5.75 Å². The zero-order chi connectivity index (χ0) is 15.3. The van der Waals surface area contributed by atoms with E-state index < -0.39 is 26.6 Å². The van der Waals surface area contributed by atoms with Crippen LogP contribution in [0.2, 0.25) is 0 Å². The Labute approximate surface area is 117 Å². The highest BCUT2D eigenvalue weighted by Gasteiger charge is 2.17. The van der Waals surface area contributed by atoms with Gasteiger partial charge in [-0.2, -0.15) is 0 Å². The summed E-state index contributed by atoms with van der Waals surface area (Å²) in [7, 11) is -4.13. The first-order valence-electron chi connectivity index (χ1n) is 5.92. The molecule has 1 amide bonds. The maximum absolute atomic E-state index is 13.0. The van der Waals surface area contributed by atoms with Crippen LogP contribution in [0.5, 0.6) is 5.75 Å². The highest BCUT2D eigenvalue weighted by Crippen LogP contribution is 2.23. The quantitative estimate of drug-likeness (QED) is 0.805. The van der Waals surface area contributed by atoms with Gasteiger partial charge < -0.3 is 10.1 Å². The maximum Gasteiger partial charge on any atom is 0.257 e. The van der Waals surface area contributed by atoms with Crippen LogP contribution in [0.4, 0.5) is 4.39 Å². The van der Waals surface area contributed by atoms with E-state index in [0.717, 1.165) is 18.2 Å². The van der Waals surface area contributed by atoms with Gasteiger partial charge in [-0.3, -0.25) is 4.79 Å². The molecule has 6 nitrogen and oxygen atoms in total. The number of ether oxygens (including phenoxy) is 1. The number of sulfonamides is 1. The van der Waals surface area contributed by atoms with Gasteiger partial charge in [-0.05, 0) is 24.1 Å². The lowest BCUT2D eigenvalue weighted by molar-refractivity contribution is -0.123. The first-order chi connectivity index (χ1) is 9.20. The van der Waals surface area contributed by atoms with Gasteiger partial charge in [0.05, 0.1) is 0 Å². The number of nitrogens with two attached hydrogens (primary N) is 1. The number of carbonyl (C=O) groups excluding carboxylic acids is 1. The highest BCUT2D eigenvalue weighted by molar-refractivity contribution is 7.89. The standard InChI is InChI=1S/C12H17FN2O4S/c1-8(2)6-15-12(16)7-19-10-4-3-9(13)5-11(10)20(14,17)18/h3-5,8H,6-7H2,1-2H3,(H,15,16)(H2,14,17,18). The van der Waals surface area contributed by atoms with E-state index in [-0.39, 0.29) is 18.3 Å². The van der Waals surface area contributed by atoms with Gasteiger partial charge in [-0.1, -0.05) is 13.8 Å². The lowest BCUT2D eigenvalue weighted by atomic mass is 10.2. The van der Waals surface area contributed by atoms with Gasteiger partial charge in [0.2, 0.25) is 10.0 Å². The van der Waals surface area contributed by atoms with Crippen molar-refractivity contribution in [1.82, 2.24) is 5.32 Å². The van der Waals surface area contributed by atoms with Gasteiger partial charge in [-0.15, -0.1) is 0 Å². The van der Waals surface area contributed by atoms with E-state index in [1.807, 2.05) is 13.8 Å². The summed E-state index contributed by atoms with van der Waals surface area (Å²) in [4.78, 5) is 11.0. The molecular formula is C12H17FN2O4S. The van der Waals surface area contributed by atoms with Crippen LogP contribution in [0.3, 0.4) is 0 Å². The largest absolute Gasteiger partial charge is 0.482 e. The lowest BCUT2D eigenvalue weighted by Gasteiger charge is -2.11. The molecule has 1 aromatic carbocycles. The van der Waals surface area contributed by atoms with E-state index in [1.165, 1.54) is 0 Å². The molecule has 0 aliphatic rings. The predicted molar refractivity (Wildman–Crippen MR) is 71.1 cm³/mol. The van der Waals surface area contributed by atoms with Gasteiger partial charge in [0.15, 0.2) is 6.61 Å². The Morgan fingerprint density at radius 2 is 2.10 bits per heavy atom. The molecule has 0 aliphatic carbocycles. The number of hydrogen-bond acceptors (Lipinski definition) is 4. The zero-order valence-electron chi connectivity index (χ0n) is 11.2. The minimum atomic E-state index is -4.13. The molecule has 0 saturated carbocycles. The molecule has 0 spiro atoms. The summed E-state index contributed by atoms with van der Waals surface area (Å²) in [6.45, 7) is 3.97. The number of amides is 1. The van der Waals surface area contributed by atoms with Crippen LogP contribution in [-0.4, -0.2) is 27.5 Å². The molecule has 3 N–H and O–H groups in total. The summed E-state index contributed by atoms with van der Waals surface area (Å²) in [6, 6.07) is 2.89. The Kier molecular flexibility index (Phi) is 5.46. The molecule has 0 heterocycles. The van der Waals surface area contributed by atoms with Crippen LogP contribution in [-0.2, 0) is 14.8 Å². The second kappa shape index (κ2) is 6.67. The second-order valence-corrected chi connectivity index (χ2v) is 6.15. The van der Waals surface area contributed by atoms with Crippen molar-refractivity contribution in [2.24, 2.45) is 11.1 Å². The van der Waals surface area contributed by atoms with Crippen molar-refractivity contribution in [3.05, 3.63) is 24.0 Å². The van der Waals surface area contributed by atoms with Crippen LogP contribution in [0.15, 0.2) is 23.1 Å². The maximum atomic E-state index is 13.0. The molecule has 0 bridgehead atoms. The van der Waals surface area contributed by atoms with Crippen LogP contribution in [0.25, 0.3) is 0 Å². The van der Waals surface area contributed by atoms with E-state index in [4.69, 9.17) is 9.88 Å². The summed E-state index contributed by atoms with van der Waals surface area (Å²) in [6.07, 6.45) is 0. The van der Waals surface area contributed by atoms with E-state index in [2.05, 4.69) is 5.32 Å². The third kappa shape index (κ3) is 5.14. The zero-order valence-corrected chi connectivity index (χ0v) is 12.0. The minimum Gasteiger partial charge on any atom is -0.482 e. The van der Waals surface area contributed by atoms with Crippen molar-refractivity contribution in [2.45, 2.75) is 18.7 Å². The number of benzene rings is 1. The predicted octanol–water partition coefficient (Wildman–Crippen LogP) is 0.624. The van der Waals surface area contributed by atoms with Crippen molar-refractivity contribution in [1.29, 1.82) is 0 Å². The molecule has 0 saturated heterocycles. The van der Waals surface area contributed by atoms with Gasteiger partial charge in [0.1, 0.15) is 16.5 Å². The minimum absolute atomic E-state index is 0.159. The average Bonchev–Trinajstić information content (AvgIpc) is 2.33. The Bertz CT molecular complexity index is 587. The third-order valence-corrected chi connectivity index (χ3v) is 3.21. The summed E-state index contributed by atoms with van der Waals surface area (Å²) >= 11 is 0. The molecule has 20 heavy (non-hydrogen) atoms. The van der Waals surface area contributed by atoms with Crippen LogP contribution < -0.4 is 15.2 Å². The Morgan fingerprint density at radius 3 is 2.65 bits per heavy atom. The summed E-state index contributed by atoms with van der Waals surface area (Å²) in [5, 5.41) is 7.56. The normalized spacial score (nSPS) is 11.4. The highest BCUT2D eigenvalue weighted by atomic mass is 32.2. The van der Waals surface area contributed by atoms with Gasteiger partial charge in [0, 0.05) is 6.54 Å². The number of primary sulfonamides is 1. The fraction of sp³-hybridized carbons (Fsp3) is 0.417. The van der Waals surface area contributed by atoms with Crippen molar-refractivity contribution in [2.75, 3.05) is 13.2 Å². The fourth-order valence-corrected chi connectivity index (χ4v) is 2.02. The Hall–Kier alpha value is -1.67. The third-order valence-electron chi connectivity index (χ3n) is 2.28. The van der Waals surface area contributed by atoms with E-state index in [0.29, 0.717) is 6.54 Å². The molecule has 0 fully saturated rings.